The van der Waals surface area contributed by atoms with Crippen LogP contribution < -0.4 is 11.1 Å². The van der Waals surface area contributed by atoms with E-state index in [1.165, 1.54) is 6.20 Å². The Morgan fingerprint density at radius 3 is 2.94 bits per heavy atom. The van der Waals surface area contributed by atoms with Gasteiger partial charge in [0.25, 0.3) is 5.91 Å². The van der Waals surface area contributed by atoms with Crippen LogP contribution in [0, 0.1) is 6.92 Å². The highest BCUT2D eigenvalue weighted by molar-refractivity contribution is 5.93. The third kappa shape index (κ3) is 3.03. The first-order valence-corrected chi connectivity index (χ1v) is 5.44. The molecule has 7 nitrogen and oxygen atoms in total. The molecule has 18 heavy (non-hydrogen) atoms. The van der Waals surface area contributed by atoms with E-state index < -0.39 is 0 Å². The molecule has 0 aromatic carbocycles. The first kappa shape index (κ1) is 12.0. The second-order valence-corrected chi connectivity index (χ2v) is 3.71. The smallest absolute Gasteiger partial charge is 0.252 e. The van der Waals surface area contributed by atoms with Gasteiger partial charge in [0.05, 0.1) is 5.56 Å². The van der Waals surface area contributed by atoms with Gasteiger partial charge < -0.3 is 15.6 Å². The van der Waals surface area contributed by atoms with Crippen molar-refractivity contribution in [2.75, 3.05) is 12.3 Å². The summed E-state index contributed by atoms with van der Waals surface area (Å²) in [7, 11) is 0. The third-order valence-corrected chi connectivity index (χ3v) is 2.25. The third-order valence-electron chi connectivity index (χ3n) is 2.25. The SMILES string of the molecule is Cc1nc(CCNC(=O)c2ccc(N)nc2)no1. The van der Waals surface area contributed by atoms with Gasteiger partial charge in [-0.05, 0) is 12.1 Å². The van der Waals surface area contributed by atoms with Crippen LogP contribution >= 0.6 is 0 Å². The molecule has 0 unspecified atom stereocenters. The summed E-state index contributed by atoms with van der Waals surface area (Å²) >= 11 is 0. The maximum atomic E-state index is 11.7. The molecule has 2 aromatic heterocycles. The van der Waals surface area contributed by atoms with Crippen molar-refractivity contribution < 1.29 is 9.32 Å². The second kappa shape index (κ2) is 5.26. The van der Waals surface area contributed by atoms with Crippen molar-refractivity contribution in [2.45, 2.75) is 13.3 Å². The molecule has 0 saturated carbocycles. The molecule has 94 valence electrons. The molecule has 7 heteroatoms. The van der Waals surface area contributed by atoms with Crippen LogP contribution in [0.1, 0.15) is 22.1 Å². The quantitative estimate of drug-likeness (QED) is 0.806. The minimum Gasteiger partial charge on any atom is -0.384 e. The fourth-order valence-corrected chi connectivity index (χ4v) is 1.37. The minimum absolute atomic E-state index is 0.206. The van der Waals surface area contributed by atoms with Crippen LogP contribution in [0.4, 0.5) is 5.82 Å². The molecule has 0 radical (unpaired) electrons. The van der Waals surface area contributed by atoms with Gasteiger partial charge in [-0.1, -0.05) is 5.16 Å². The molecule has 2 heterocycles. The van der Waals surface area contributed by atoms with E-state index in [1.54, 1.807) is 19.1 Å². The highest BCUT2D eigenvalue weighted by Crippen LogP contribution is 2.01. The Morgan fingerprint density at radius 2 is 2.33 bits per heavy atom. The summed E-state index contributed by atoms with van der Waals surface area (Å²) in [5, 5.41) is 6.47. The van der Waals surface area contributed by atoms with Gasteiger partial charge in [0, 0.05) is 26.1 Å². The van der Waals surface area contributed by atoms with E-state index in [0.29, 0.717) is 36.1 Å². The number of anilines is 1. The van der Waals surface area contributed by atoms with E-state index in [9.17, 15) is 4.79 Å². The zero-order valence-electron chi connectivity index (χ0n) is 9.88. The van der Waals surface area contributed by atoms with Crippen LogP contribution in [0.25, 0.3) is 0 Å². The zero-order valence-corrected chi connectivity index (χ0v) is 9.88. The molecule has 0 aliphatic rings. The molecule has 0 atom stereocenters. The Labute approximate surface area is 103 Å². The number of rotatable bonds is 4. The molecule has 1 amide bonds. The predicted octanol–water partition coefficient (Wildman–Crippen LogP) is 0.328. The molecule has 0 fully saturated rings. The molecule has 0 bridgehead atoms. The summed E-state index contributed by atoms with van der Waals surface area (Å²) in [6.45, 7) is 2.15. The van der Waals surface area contributed by atoms with Crippen LogP contribution in [0.2, 0.25) is 0 Å². The molecular formula is C11H13N5O2. The van der Waals surface area contributed by atoms with Crippen LogP contribution in [0.5, 0.6) is 0 Å². The highest BCUT2D eigenvalue weighted by atomic mass is 16.5. The lowest BCUT2D eigenvalue weighted by Crippen LogP contribution is -2.26. The fourth-order valence-electron chi connectivity index (χ4n) is 1.37. The Kier molecular flexibility index (Phi) is 3.52. The number of carbonyl (C=O) groups is 1. The second-order valence-electron chi connectivity index (χ2n) is 3.71. The zero-order chi connectivity index (χ0) is 13.0. The van der Waals surface area contributed by atoms with Crippen molar-refractivity contribution in [1.29, 1.82) is 0 Å². The van der Waals surface area contributed by atoms with E-state index in [2.05, 4.69) is 20.4 Å². The first-order valence-electron chi connectivity index (χ1n) is 5.44. The molecular weight excluding hydrogens is 234 g/mol. The maximum Gasteiger partial charge on any atom is 0.252 e. The van der Waals surface area contributed by atoms with Crippen molar-refractivity contribution in [1.82, 2.24) is 20.4 Å². The number of nitrogen functional groups attached to an aromatic ring is 1. The van der Waals surface area contributed by atoms with Gasteiger partial charge >= 0.3 is 0 Å². The number of nitrogens with zero attached hydrogens (tertiary/aromatic N) is 3. The molecule has 3 N–H and O–H groups in total. The minimum atomic E-state index is -0.206. The molecule has 2 rings (SSSR count). The summed E-state index contributed by atoms with van der Waals surface area (Å²) in [6.07, 6.45) is 1.95. The van der Waals surface area contributed by atoms with Crippen LogP contribution in [-0.2, 0) is 6.42 Å². The number of hydrogen-bond acceptors (Lipinski definition) is 6. The average molecular weight is 247 g/mol. The van der Waals surface area contributed by atoms with Crippen molar-refractivity contribution in [2.24, 2.45) is 0 Å². The lowest BCUT2D eigenvalue weighted by atomic mass is 10.2. The van der Waals surface area contributed by atoms with Gasteiger partial charge in [0.2, 0.25) is 5.89 Å². The fraction of sp³-hybridized carbons (Fsp3) is 0.273. The summed E-state index contributed by atoms with van der Waals surface area (Å²) in [6, 6.07) is 3.20. The lowest BCUT2D eigenvalue weighted by molar-refractivity contribution is 0.0953. The molecule has 0 saturated heterocycles. The predicted molar refractivity (Wildman–Crippen MR) is 63.7 cm³/mol. The number of hydrogen-bond donors (Lipinski definition) is 2. The Bertz CT molecular complexity index is 535. The molecule has 0 aliphatic carbocycles. The van der Waals surface area contributed by atoms with E-state index in [0.717, 1.165) is 0 Å². The van der Waals surface area contributed by atoms with Gasteiger partial charge in [-0.2, -0.15) is 4.98 Å². The van der Waals surface area contributed by atoms with Crippen molar-refractivity contribution >= 4 is 11.7 Å². The van der Waals surface area contributed by atoms with Crippen molar-refractivity contribution in [3.8, 4) is 0 Å². The van der Waals surface area contributed by atoms with Crippen molar-refractivity contribution in [3.05, 3.63) is 35.6 Å². The normalized spacial score (nSPS) is 10.3. The van der Waals surface area contributed by atoms with Crippen molar-refractivity contribution in [3.63, 3.8) is 0 Å². The first-order chi connectivity index (χ1) is 8.65. The number of aryl methyl sites for hydroxylation is 1. The van der Waals surface area contributed by atoms with E-state index in [1.807, 2.05) is 0 Å². The van der Waals surface area contributed by atoms with Gasteiger partial charge in [-0.25, -0.2) is 4.98 Å². The summed E-state index contributed by atoms with van der Waals surface area (Å²) in [5.74, 6) is 1.26. The Hall–Kier alpha value is -2.44. The van der Waals surface area contributed by atoms with Crippen LogP contribution in [0.15, 0.2) is 22.9 Å². The van der Waals surface area contributed by atoms with E-state index in [4.69, 9.17) is 10.3 Å². The number of pyridine rings is 1. The van der Waals surface area contributed by atoms with Gasteiger partial charge in [-0.3, -0.25) is 4.79 Å². The van der Waals surface area contributed by atoms with Gasteiger partial charge in [0.15, 0.2) is 5.82 Å². The monoisotopic (exact) mass is 247 g/mol. The largest absolute Gasteiger partial charge is 0.384 e. The topological polar surface area (TPSA) is 107 Å². The maximum absolute atomic E-state index is 11.7. The number of nitrogens with one attached hydrogen (secondary N) is 1. The number of carbonyl (C=O) groups excluding carboxylic acids is 1. The summed E-state index contributed by atoms with van der Waals surface area (Å²) in [5.41, 5.74) is 5.90. The standard InChI is InChI=1S/C11H13N5O2/c1-7-15-10(16-18-7)4-5-13-11(17)8-2-3-9(12)14-6-8/h2-3,6H,4-5H2,1H3,(H2,12,14)(H,13,17). The molecule has 2 aromatic rings. The average Bonchev–Trinajstić information content (AvgIpc) is 2.76. The number of amides is 1. The summed E-state index contributed by atoms with van der Waals surface area (Å²) in [4.78, 5) is 19.6. The molecule has 0 spiro atoms. The van der Waals surface area contributed by atoms with Gasteiger partial charge in [-0.15, -0.1) is 0 Å². The summed E-state index contributed by atoms with van der Waals surface area (Å²) < 4.78 is 4.82. The molecule has 0 aliphatic heterocycles. The van der Waals surface area contributed by atoms with Crippen LogP contribution in [0.3, 0.4) is 0 Å². The highest BCUT2D eigenvalue weighted by Gasteiger charge is 2.06. The van der Waals surface area contributed by atoms with E-state index in [-0.39, 0.29) is 5.91 Å². The lowest BCUT2D eigenvalue weighted by Gasteiger charge is -2.03. The Balaban J connectivity index is 1.83. The van der Waals surface area contributed by atoms with E-state index >= 15 is 0 Å². The number of aromatic nitrogens is 3. The van der Waals surface area contributed by atoms with Gasteiger partial charge in [0.1, 0.15) is 5.82 Å². The van der Waals surface area contributed by atoms with Crippen LogP contribution in [-0.4, -0.2) is 27.6 Å². The Morgan fingerprint density at radius 1 is 1.50 bits per heavy atom. The number of nitrogens with two attached hydrogens (primary N) is 1.